The summed E-state index contributed by atoms with van der Waals surface area (Å²) in [7, 11) is 0. The summed E-state index contributed by atoms with van der Waals surface area (Å²) in [6, 6.07) is 4.48. The van der Waals surface area contributed by atoms with Crippen molar-refractivity contribution in [2.75, 3.05) is 0 Å². The molecule has 1 aromatic carbocycles. The second-order valence-electron chi connectivity index (χ2n) is 4.53. The fourth-order valence-corrected chi connectivity index (χ4v) is 1.64. The zero-order valence-electron chi connectivity index (χ0n) is 10.9. The van der Waals surface area contributed by atoms with E-state index in [2.05, 4.69) is 6.92 Å². The summed E-state index contributed by atoms with van der Waals surface area (Å²) in [6.07, 6.45) is 6.24. The van der Waals surface area contributed by atoms with Crippen LogP contribution in [-0.2, 0) is 4.79 Å². The number of phenolic OH excluding ortho intramolecular Hbond substituents is 2. The molecule has 1 aromatic rings. The number of carbonyl (C=O) groups is 1. The van der Waals surface area contributed by atoms with E-state index in [-0.39, 0.29) is 23.2 Å². The van der Waals surface area contributed by atoms with Crippen LogP contribution in [0.25, 0.3) is 6.08 Å². The summed E-state index contributed by atoms with van der Waals surface area (Å²) >= 11 is 0. The lowest BCUT2D eigenvalue weighted by atomic mass is 9.99. The summed E-state index contributed by atoms with van der Waals surface area (Å²) in [5.74, 6) is -0.207. The molecule has 98 valence electrons. The van der Waals surface area contributed by atoms with Crippen LogP contribution in [0.4, 0.5) is 0 Å². The number of benzene rings is 1. The number of phenols is 2. The largest absolute Gasteiger partial charge is 0.504 e. The predicted octanol–water partition coefficient (Wildman–Crippen LogP) is 3.51. The smallest absolute Gasteiger partial charge is 0.158 e. The molecule has 0 saturated carbocycles. The van der Waals surface area contributed by atoms with E-state index in [0.717, 1.165) is 19.3 Å². The van der Waals surface area contributed by atoms with Crippen LogP contribution in [0.1, 0.15) is 38.7 Å². The maximum atomic E-state index is 11.8. The number of hydrogen-bond acceptors (Lipinski definition) is 3. The summed E-state index contributed by atoms with van der Waals surface area (Å²) in [5, 5.41) is 18.5. The molecule has 18 heavy (non-hydrogen) atoms. The lowest BCUT2D eigenvalue weighted by Crippen LogP contribution is -2.07. The van der Waals surface area contributed by atoms with Crippen molar-refractivity contribution in [1.82, 2.24) is 0 Å². The lowest BCUT2D eigenvalue weighted by molar-refractivity contribution is -0.117. The SMILES string of the molecule is CCCCC(C)C(=O)/C=C/c1ccc(O)c(O)c1. The first-order valence-corrected chi connectivity index (χ1v) is 6.28. The first-order chi connectivity index (χ1) is 8.54. The third-order valence-corrected chi connectivity index (χ3v) is 2.92. The van der Waals surface area contributed by atoms with Gasteiger partial charge in [0, 0.05) is 5.92 Å². The molecule has 0 radical (unpaired) electrons. The monoisotopic (exact) mass is 248 g/mol. The Balaban J connectivity index is 2.62. The van der Waals surface area contributed by atoms with E-state index in [1.807, 2.05) is 6.92 Å². The second-order valence-corrected chi connectivity index (χ2v) is 4.53. The second kappa shape index (κ2) is 6.84. The zero-order valence-corrected chi connectivity index (χ0v) is 10.9. The number of aromatic hydroxyl groups is 2. The van der Waals surface area contributed by atoms with E-state index in [4.69, 9.17) is 5.11 Å². The number of rotatable bonds is 6. The molecular formula is C15H20O3. The van der Waals surface area contributed by atoms with Gasteiger partial charge in [-0.15, -0.1) is 0 Å². The van der Waals surface area contributed by atoms with Crippen molar-refractivity contribution in [2.24, 2.45) is 5.92 Å². The molecule has 0 fully saturated rings. The lowest BCUT2D eigenvalue weighted by Gasteiger charge is -2.05. The molecule has 1 unspecified atom stereocenters. The molecule has 2 N–H and O–H groups in total. The Morgan fingerprint density at radius 3 is 2.67 bits per heavy atom. The predicted molar refractivity (Wildman–Crippen MR) is 72.5 cm³/mol. The van der Waals surface area contributed by atoms with E-state index in [0.29, 0.717) is 5.56 Å². The summed E-state index contributed by atoms with van der Waals surface area (Å²) in [6.45, 7) is 4.03. The minimum atomic E-state index is -0.177. The quantitative estimate of drug-likeness (QED) is 0.598. The molecule has 0 bridgehead atoms. The summed E-state index contributed by atoms with van der Waals surface area (Å²) in [5.41, 5.74) is 0.696. The first-order valence-electron chi connectivity index (χ1n) is 6.28. The van der Waals surface area contributed by atoms with Crippen molar-refractivity contribution in [3.05, 3.63) is 29.8 Å². The molecule has 3 heteroatoms. The number of ketones is 1. The highest BCUT2D eigenvalue weighted by Gasteiger charge is 2.08. The van der Waals surface area contributed by atoms with Crippen LogP contribution in [0.15, 0.2) is 24.3 Å². The van der Waals surface area contributed by atoms with Gasteiger partial charge in [0.25, 0.3) is 0 Å². The Hall–Kier alpha value is -1.77. The molecule has 0 aliphatic heterocycles. The van der Waals surface area contributed by atoms with Gasteiger partial charge in [-0.3, -0.25) is 4.79 Å². The van der Waals surface area contributed by atoms with Crippen molar-refractivity contribution >= 4 is 11.9 Å². The van der Waals surface area contributed by atoms with Crippen molar-refractivity contribution < 1.29 is 15.0 Å². The van der Waals surface area contributed by atoms with Crippen LogP contribution in [0.5, 0.6) is 11.5 Å². The van der Waals surface area contributed by atoms with Crippen molar-refractivity contribution in [3.8, 4) is 11.5 Å². The minimum Gasteiger partial charge on any atom is -0.504 e. The minimum absolute atomic E-state index is 0.0342. The first kappa shape index (κ1) is 14.3. The van der Waals surface area contributed by atoms with Crippen LogP contribution in [0, 0.1) is 5.92 Å². The van der Waals surface area contributed by atoms with Gasteiger partial charge in [0.15, 0.2) is 17.3 Å². The summed E-state index contributed by atoms with van der Waals surface area (Å²) < 4.78 is 0. The third kappa shape index (κ3) is 4.24. The fourth-order valence-electron chi connectivity index (χ4n) is 1.64. The van der Waals surface area contributed by atoms with E-state index in [1.54, 1.807) is 12.1 Å². The topological polar surface area (TPSA) is 57.5 Å². The van der Waals surface area contributed by atoms with Crippen LogP contribution in [-0.4, -0.2) is 16.0 Å². The van der Waals surface area contributed by atoms with Crippen LogP contribution in [0.2, 0.25) is 0 Å². The molecule has 0 spiro atoms. The van der Waals surface area contributed by atoms with Crippen molar-refractivity contribution in [3.63, 3.8) is 0 Å². The molecule has 0 amide bonds. The van der Waals surface area contributed by atoms with Gasteiger partial charge in [0.1, 0.15) is 0 Å². The van der Waals surface area contributed by atoms with Gasteiger partial charge >= 0.3 is 0 Å². The Labute approximate surface area is 108 Å². The molecule has 0 aromatic heterocycles. The Morgan fingerprint density at radius 1 is 1.33 bits per heavy atom. The highest BCUT2D eigenvalue weighted by molar-refractivity contribution is 5.95. The van der Waals surface area contributed by atoms with Gasteiger partial charge < -0.3 is 10.2 Å². The Morgan fingerprint density at radius 2 is 2.06 bits per heavy atom. The summed E-state index contributed by atoms with van der Waals surface area (Å²) in [4.78, 5) is 11.8. The van der Waals surface area contributed by atoms with Gasteiger partial charge in [-0.25, -0.2) is 0 Å². The van der Waals surface area contributed by atoms with E-state index < -0.39 is 0 Å². The maximum absolute atomic E-state index is 11.8. The molecule has 0 saturated heterocycles. The van der Waals surface area contributed by atoms with Gasteiger partial charge in [-0.1, -0.05) is 38.8 Å². The number of allylic oxidation sites excluding steroid dienone is 1. The average molecular weight is 248 g/mol. The molecule has 0 heterocycles. The van der Waals surface area contributed by atoms with Gasteiger partial charge in [-0.2, -0.15) is 0 Å². The van der Waals surface area contributed by atoms with Crippen molar-refractivity contribution in [1.29, 1.82) is 0 Å². The molecule has 1 rings (SSSR count). The highest BCUT2D eigenvalue weighted by atomic mass is 16.3. The number of hydrogen-bond donors (Lipinski definition) is 2. The molecule has 3 nitrogen and oxygen atoms in total. The van der Waals surface area contributed by atoms with Gasteiger partial charge in [0.2, 0.25) is 0 Å². The molecule has 0 aliphatic carbocycles. The van der Waals surface area contributed by atoms with E-state index in [1.165, 1.54) is 18.2 Å². The van der Waals surface area contributed by atoms with Gasteiger partial charge in [0.05, 0.1) is 0 Å². The Kier molecular flexibility index (Phi) is 5.43. The molecule has 0 aliphatic rings. The average Bonchev–Trinajstić information content (AvgIpc) is 2.36. The van der Waals surface area contributed by atoms with Gasteiger partial charge in [-0.05, 0) is 30.2 Å². The fraction of sp³-hybridized carbons (Fsp3) is 0.400. The molecular weight excluding hydrogens is 228 g/mol. The normalized spacial score (nSPS) is 12.8. The van der Waals surface area contributed by atoms with Crippen LogP contribution in [0.3, 0.4) is 0 Å². The van der Waals surface area contributed by atoms with Crippen LogP contribution >= 0.6 is 0 Å². The number of carbonyl (C=O) groups excluding carboxylic acids is 1. The third-order valence-electron chi connectivity index (χ3n) is 2.92. The van der Waals surface area contributed by atoms with E-state index in [9.17, 15) is 9.90 Å². The number of unbranched alkanes of at least 4 members (excludes halogenated alkanes) is 1. The Bertz CT molecular complexity index is 435. The highest BCUT2D eigenvalue weighted by Crippen LogP contribution is 2.25. The standard InChI is InChI=1S/C15H20O3/c1-3-4-5-11(2)13(16)8-6-12-7-9-14(17)15(18)10-12/h6-11,17-18H,3-5H2,1-2H3/b8-6+. The van der Waals surface area contributed by atoms with Crippen molar-refractivity contribution in [2.45, 2.75) is 33.1 Å². The van der Waals surface area contributed by atoms with E-state index >= 15 is 0 Å². The maximum Gasteiger partial charge on any atom is 0.158 e. The van der Waals surface area contributed by atoms with Crippen LogP contribution < -0.4 is 0 Å². The zero-order chi connectivity index (χ0) is 13.5. The molecule has 1 atom stereocenters.